The zero-order valence-electron chi connectivity index (χ0n) is 10.1. The zero-order chi connectivity index (χ0) is 10.2. The SMILES string of the molecule is CCCC1CCN(CCCCO)CC1.[Y]. The Hall–Kier alpha value is 1.02. The molecular weight excluding hydrogens is 263 g/mol. The molecule has 3 heteroatoms. The topological polar surface area (TPSA) is 23.5 Å². The van der Waals surface area contributed by atoms with Gasteiger partial charge in [0, 0.05) is 39.3 Å². The second-order valence-corrected chi connectivity index (χ2v) is 4.50. The normalized spacial score (nSPS) is 18.8. The van der Waals surface area contributed by atoms with Crippen molar-refractivity contribution in [1.82, 2.24) is 4.90 Å². The maximum Gasteiger partial charge on any atom is 0.0431 e. The molecule has 0 saturated carbocycles. The van der Waals surface area contributed by atoms with Crippen LogP contribution in [0.15, 0.2) is 0 Å². The average molecular weight is 288 g/mol. The minimum atomic E-state index is 0. The van der Waals surface area contributed by atoms with Crippen LogP contribution >= 0.6 is 0 Å². The molecule has 0 amide bonds. The number of unbranched alkanes of at least 4 members (excludes halogenated alkanes) is 1. The summed E-state index contributed by atoms with van der Waals surface area (Å²) in [7, 11) is 0. The Morgan fingerprint density at radius 3 is 2.40 bits per heavy atom. The first-order valence-corrected chi connectivity index (χ1v) is 6.20. The van der Waals surface area contributed by atoms with Gasteiger partial charge in [0.1, 0.15) is 0 Å². The Balaban J connectivity index is 0.00000196. The fourth-order valence-electron chi connectivity index (χ4n) is 2.35. The van der Waals surface area contributed by atoms with Crippen LogP contribution in [0.5, 0.6) is 0 Å². The predicted octanol–water partition coefficient (Wildman–Crippen LogP) is 2.27. The molecule has 0 spiro atoms. The molecule has 0 atom stereocenters. The molecule has 1 aliphatic heterocycles. The molecule has 1 radical (unpaired) electrons. The average Bonchev–Trinajstić information content (AvgIpc) is 2.21. The molecule has 1 fully saturated rings. The van der Waals surface area contributed by atoms with E-state index in [0.29, 0.717) is 6.61 Å². The van der Waals surface area contributed by atoms with Crippen molar-refractivity contribution >= 4 is 0 Å². The van der Waals surface area contributed by atoms with Gasteiger partial charge in [0.2, 0.25) is 0 Å². The van der Waals surface area contributed by atoms with Crippen LogP contribution in [-0.2, 0) is 32.7 Å². The van der Waals surface area contributed by atoms with Crippen LogP contribution < -0.4 is 0 Å². The van der Waals surface area contributed by atoms with Crippen molar-refractivity contribution in [1.29, 1.82) is 0 Å². The standard InChI is InChI=1S/C12H25NO.Y/c1-2-5-12-6-9-13(10-7-12)8-3-4-11-14;/h12,14H,2-11H2,1H3;. The number of hydrogen-bond acceptors (Lipinski definition) is 2. The third-order valence-electron chi connectivity index (χ3n) is 3.29. The predicted molar refractivity (Wildman–Crippen MR) is 60.4 cm³/mol. The summed E-state index contributed by atoms with van der Waals surface area (Å²) in [6.07, 6.45) is 7.68. The van der Waals surface area contributed by atoms with E-state index >= 15 is 0 Å². The van der Waals surface area contributed by atoms with Gasteiger partial charge in [0.15, 0.2) is 0 Å². The number of hydrogen-bond donors (Lipinski definition) is 1. The summed E-state index contributed by atoms with van der Waals surface area (Å²) in [6.45, 7) is 6.41. The van der Waals surface area contributed by atoms with Crippen molar-refractivity contribution < 1.29 is 37.8 Å². The minimum Gasteiger partial charge on any atom is -0.396 e. The van der Waals surface area contributed by atoms with Crippen molar-refractivity contribution in [3.05, 3.63) is 0 Å². The smallest absolute Gasteiger partial charge is 0.0431 e. The van der Waals surface area contributed by atoms with Crippen LogP contribution in [-0.4, -0.2) is 36.2 Å². The maximum absolute atomic E-state index is 8.69. The summed E-state index contributed by atoms with van der Waals surface area (Å²) in [6, 6.07) is 0. The fraction of sp³-hybridized carbons (Fsp3) is 1.00. The Bertz CT molecular complexity index is 136. The molecule has 1 N–H and O–H groups in total. The van der Waals surface area contributed by atoms with E-state index < -0.39 is 0 Å². The fourth-order valence-corrected chi connectivity index (χ4v) is 2.35. The number of rotatable bonds is 6. The van der Waals surface area contributed by atoms with Gasteiger partial charge in [-0.1, -0.05) is 19.8 Å². The molecule has 2 nitrogen and oxygen atoms in total. The number of nitrogens with zero attached hydrogens (tertiary/aromatic N) is 1. The molecule has 0 bridgehead atoms. The molecule has 1 aliphatic rings. The van der Waals surface area contributed by atoms with Gasteiger partial charge in [-0.2, -0.15) is 0 Å². The van der Waals surface area contributed by atoms with Crippen LogP contribution in [0, 0.1) is 5.92 Å². The summed E-state index contributed by atoms with van der Waals surface area (Å²) >= 11 is 0. The maximum atomic E-state index is 8.69. The third-order valence-corrected chi connectivity index (χ3v) is 3.29. The van der Waals surface area contributed by atoms with Gasteiger partial charge >= 0.3 is 0 Å². The molecule has 15 heavy (non-hydrogen) atoms. The van der Waals surface area contributed by atoms with E-state index in [1.165, 1.54) is 45.3 Å². The summed E-state index contributed by atoms with van der Waals surface area (Å²) < 4.78 is 0. The molecule has 0 unspecified atom stereocenters. The van der Waals surface area contributed by atoms with E-state index in [1.54, 1.807) is 0 Å². The molecule has 1 saturated heterocycles. The second-order valence-electron chi connectivity index (χ2n) is 4.50. The quantitative estimate of drug-likeness (QED) is 0.758. The van der Waals surface area contributed by atoms with E-state index in [9.17, 15) is 0 Å². The Labute approximate surface area is 120 Å². The summed E-state index contributed by atoms with van der Waals surface area (Å²) in [4.78, 5) is 2.56. The molecule has 1 rings (SSSR count). The molecular formula is C12H25NOY. The van der Waals surface area contributed by atoms with E-state index in [4.69, 9.17) is 5.11 Å². The minimum absolute atomic E-state index is 0. The zero-order valence-corrected chi connectivity index (χ0v) is 13.0. The van der Waals surface area contributed by atoms with E-state index in [2.05, 4.69) is 11.8 Å². The van der Waals surface area contributed by atoms with Gasteiger partial charge in [-0.05, 0) is 51.2 Å². The van der Waals surface area contributed by atoms with Crippen molar-refractivity contribution in [2.45, 2.75) is 45.4 Å². The van der Waals surface area contributed by atoms with Gasteiger partial charge in [-0.3, -0.25) is 0 Å². The van der Waals surface area contributed by atoms with E-state index in [1.807, 2.05) is 0 Å². The van der Waals surface area contributed by atoms with Gasteiger partial charge in [0.05, 0.1) is 0 Å². The monoisotopic (exact) mass is 288 g/mol. The van der Waals surface area contributed by atoms with E-state index in [0.717, 1.165) is 18.8 Å². The Morgan fingerprint density at radius 2 is 1.87 bits per heavy atom. The molecule has 0 aliphatic carbocycles. The van der Waals surface area contributed by atoms with Gasteiger partial charge < -0.3 is 10.0 Å². The van der Waals surface area contributed by atoms with Crippen LogP contribution in [0.4, 0.5) is 0 Å². The van der Waals surface area contributed by atoms with E-state index in [-0.39, 0.29) is 32.7 Å². The molecule has 0 aromatic heterocycles. The summed E-state index contributed by atoms with van der Waals surface area (Å²) in [5, 5.41) is 8.69. The molecule has 87 valence electrons. The first kappa shape index (κ1) is 16.0. The Kier molecular flexibility index (Phi) is 10.9. The number of piperidine rings is 1. The molecule has 1 heterocycles. The van der Waals surface area contributed by atoms with Crippen molar-refractivity contribution in [3.8, 4) is 0 Å². The number of aliphatic hydroxyl groups excluding tert-OH is 1. The first-order valence-electron chi connectivity index (χ1n) is 6.20. The van der Waals surface area contributed by atoms with Gasteiger partial charge in [-0.15, -0.1) is 0 Å². The molecule has 0 aromatic rings. The summed E-state index contributed by atoms with van der Waals surface area (Å²) in [5.41, 5.74) is 0. The van der Waals surface area contributed by atoms with Crippen LogP contribution in [0.2, 0.25) is 0 Å². The van der Waals surface area contributed by atoms with Crippen molar-refractivity contribution in [3.63, 3.8) is 0 Å². The molecule has 0 aromatic carbocycles. The van der Waals surface area contributed by atoms with Crippen LogP contribution in [0.3, 0.4) is 0 Å². The number of likely N-dealkylation sites (tertiary alicyclic amines) is 1. The van der Waals surface area contributed by atoms with Crippen molar-refractivity contribution in [2.75, 3.05) is 26.2 Å². The van der Waals surface area contributed by atoms with Crippen molar-refractivity contribution in [2.24, 2.45) is 5.92 Å². The van der Waals surface area contributed by atoms with Crippen LogP contribution in [0.1, 0.15) is 45.4 Å². The summed E-state index contributed by atoms with van der Waals surface area (Å²) in [5.74, 6) is 0.995. The van der Waals surface area contributed by atoms with Gasteiger partial charge in [0.25, 0.3) is 0 Å². The first-order chi connectivity index (χ1) is 6.86. The number of aliphatic hydroxyl groups is 1. The third kappa shape index (κ3) is 7.04. The Morgan fingerprint density at radius 1 is 1.20 bits per heavy atom. The second kappa shape index (κ2) is 10.2. The largest absolute Gasteiger partial charge is 0.396 e. The van der Waals surface area contributed by atoms with Gasteiger partial charge in [-0.25, -0.2) is 0 Å². The van der Waals surface area contributed by atoms with Crippen LogP contribution in [0.25, 0.3) is 0 Å².